The number of nitrogens with one attached hydrogen (secondary N) is 1. The maximum absolute atomic E-state index is 5.43. The van der Waals surface area contributed by atoms with Crippen LogP contribution in [-0.4, -0.2) is 28.8 Å². The molecule has 0 amide bonds. The van der Waals surface area contributed by atoms with Crippen molar-refractivity contribution in [2.75, 3.05) is 18.5 Å². The van der Waals surface area contributed by atoms with Crippen molar-refractivity contribution < 1.29 is 4.74 Å². The van der Waals surface area contributed by atoms with E-state index in [9.17, 15) is 0 Å². The van der Waals surface area contributed by atoms with E-state index < -0.39 is 0 Å². The Kier molecular flexibility index (Phi) is 4.29. The van der Waals surface area contributed by atoms with Crippen LogP contribution in [0.3, 0.4) is 0 Å². The van der Waals surface area contributed by atoms with Crippen LogP contribution < -0.4 is 5.32 Å². The molecular weight excluding hydrogens is 250 g/mol. The number of imidazole rings is 1. The Morgan fingerprint density at radius 2 is 2.05 bits per heavy atom. The second-order valence-electron chi connectivity index (χ2n) is 6.29. The van der Waals surface area contributed by atoms with Crippen LogP contribution in [-0.2, 0) is 11.3 Å². The summed E-state index contributed by atoms with van der Waals surface area (Å²) in [6.07, 6.45) is 8.81. The minimum absolute atomic E-state index is 0.669. The van der Waals surface area contributed by atoms with E-state index >= 15 is 0 Å². The van der Waals surface area contributed by atoms with Gasteiger partial charge in [-0.05, 0) is 57.8 Å². The predicted molar refractivity (Wildman–Crippen MR) is 80.9 cm³/mol. The van der Waals surface area contributed by atoms with E-state index in [0.29, 0.717) is 6.04 Å². The van der Waals surface area contributed by atoms with Gasteiger partial charge < -0.3 is 14.6 Å². The first-order chi connectivity index (χ1) is 9.78. The molecule has 0 aromatic carbocycles. The topological polar surface area (TPSA) is 39.1 Å². The molecule has 1 heterocycles. The number of hydrogen-bond donors (Lipinski definition) is 1. The van der Waals surface area contributed by atoms with Crippen molar-refractivity contribution in [1.82, 2.24) is 9.55 Å². The highest BCUT2D eigenvalue weighted by Gasteiger charge is 2.41. The maximum atomic E-state index is 5.43. The predicted octanol–water partition coefficient (Wildman–Crippen LogP) is 3.22. The minimum Gasteiger partial charge on any atom is -0.382 e. The first-order valence-electron chi connectivity index (χ1n) is 8.16. The average molecular weight is 277 g/mol. The molecule has 2 aliphatic rings. The van der Waals surface area contributed by atoms with E-state index in [1.807, 2.05) is 6.92 Å². The van der Waals surface area contributed by atoms with Crippen LogP contribution in [0.1, 0.15) is 44.7 Å². The lowest BCUT2D eigenvalue weighted by Gasteiger charge is -2.19. The third-order valence-corrected chi connectivity index (χ3v) is 4.34. The van der Waals surface area contributed by atoms with Crippen molar-refractivity contribution in [2.24, 2.45) is 11.8 Å². The Hall–Kier alpha value is -1.03. The molecule has 1 aromatic heterocycles. The van der Waals surface area contributed by atoms with Crippen molar-refractivity contribution in [3.05, 3.63) is 11.9 Å². The summed E-state index contributed by atoms with van der Waals surface area (Å²) in [4.78, 5) is 4.68. The van der Waals surface area contributed by atoms with Gasteiger partial charge in [0.2, 0.25) is 5.95 Å². The van der Waals surface area contributed by atoms with Gasteiger partial charge in [-0.3, -0.25) is 0 Å². The molecule has 2 aliphatic carbocycles. The van der Waals surface area contributed by atoms with Crippen LogP contribution in [0.4, 0.5) is 5.95 Å². The molecule has 0 bridgehead atoms. The summed E-state index contributed by atoms with van der Waals surface area (Å²) in [5.74, 6) is 2.87. The van der Waals surface area contributed by atoms with E-state index in [4.69, 9.17) is 4.74 Å². The first-order valence-corrected chi connectivity index (χ1v) is 8.16. The summed E-state index contributed by atoms with van der Waals surface area (Å²) in [5.41, 5.74) is 1.11. The standard InChI is InChI=1S/C16H27N3O/c1-3-20-10-4-9-19-11-12(2)17-16(19)18-15(13-5-6-13)14-7-8-14/h11,13-15H,3-10H2,1-2H3,(H,17,18). The smallest absolute Gasteiger partial charge is 0.203 e. The Balaban J connectivity index is 1.59. The SMILES string of the molecule is CCOCCCn1cc(C)nc1NC(C1CC1)C1CC1. The maximum Gasteiger partial charge on any atom is 0.203 e. The average Bonchev–Trinajstić information content (AvgIpc) is 3.32. The van der Waals surface area contributed by atoms with Crippen molar-refractivity contribution in [1.29, 1.82) is 0 Å². The lowest BCUT2D eigenvalue weighted by atomic mass is 10.1. The van der Waals surface area contributed by atoms with E-state index in [-0.39, 0.29) is 0 Å². The number of nitrogens with zero attached hydrogens (tertiary/aromatic N) is 2. The van der Waals surface area contributed by atoms with Gasteiger partial charge >= 0.3 is 0 Å². The quantitative estimate of drug-likeness (QED) is 0.704. The molecule has 0 unspecified atom stereocenters. The fourth-order valence-electron chi connectivity index (χ4n) is 2.99. The van der Waals surface area contributed by atoms with E-state index in [1.54, 1.807) is 0 Å². The number of ether oxygens (including phenoxy) is 1. The minimum atomic E-state index is 0.669. The van der Waals surface area contributed by atoms with Crippen LogP contribution in [0.15, 0.2) is 6.20 Å². The van der Waals surface area contributed by atoms with Crippen molar-refractivity contribution >= 4 is 5.95 Å². The zero-order valence-corrected chi connectivity index (χ0v) is 12.8. The molecule has 1 aromatic rings. The highest BCUT2D eigenvalue weighted by atomic mass is 16.5. The van der Waals surface area contributed by atoms with Gasteiger partial charge in [0.15, 0.2) is 0 Å². The molecule has 0 radical (unpaired) electrons. The summed E-state index contributed by atoms with van der Waals surface area (Å²) in [7, 11) is 0. The fourth-order valence-corrected chi connectivity index (χ4v) is 2.99. The lowest BCUT2D eigenvalue weighted by molar-refractivity contribution is 0.142. The Morgan fingerprint density at radius 3 is 2.65 bits per heavy atom. The highest BCUT2D eigenvalue weighted by Crippen LogP contribution is 2.45. The third-order valence-electron chi connectivity index (χ3n) is 4.34. The van der Waals surface area contributed by atoms with E-state index in [2.05, 4.69) is 28.0 Å². The molecule has 4 nitrogen and oxygen atoms in total. The molecular formula is C16H27N3O. The van der Waals surface area contributed by atoms with Crippen LogP contribution in [0, 0.1) is 18.8 Å². The second-order valence-corrected chi connectivity index (χ2v) is 6.29. The zero-order valence-electron chi connectivity index (χ0n) is 12.8. The number of aryl methyl sites for hydroxylation is 2. The first kappa shape index (κ1) is 13.9. The molecule has 3 rings (SSSR count). The summed E-state index contributed by atoms with van der Waals surface area (Å²) in [6.45, 7) is 6.75. The normalized spacial score (nSPS) is 18.8. The molecule has 112 valence electrons. The molecule has 0 saturated heterocycles. The van der Waals surface area contributed by atoms with Gasteiger partial charge in [-0.15, -0.1) is 0 Å². The van der Waals surface area contributed by atoms with Crippen LogP contribution in [0.2, 0.25) is 0 Å². The van der Waals surface area contributed by atoms with Gasteiger partial charge in [0, 0.05) is 32.0 Å². The Bertz CT molecular complexity index is 423. The van der Waals surface area contributed by atoms with Gasteiger partial charge in [-0.2, -0.15) is 0 Å². The van der Waals surface area contributed by atoms with E-state index in [0.717, 1.165) is 49.7 Å². The number of hydrogen-bond acceptors (Lipinski definition) is 3. The lowest BCUT2D eigenvalue weighted by Crippen LogP contribution is -2.26. The highest BCUT2D eigenvalue weighted by molar-refractivity contribution is 5.32. The van der Waals surface area contributed by atoms with Gasteiger partial charge in [-0.25, -0.2) is 4.98 Å². The zero-order chi connectivity index (χ0) is 13.9. The van der Waals surface area contributed by atoms with Crippen LogP contribution in [0.25, 0.3) is 0 Å². The Labute approximate surface area is 121 Å². The van der Waals surface area contributed by atoms with Crippen molar-refractivity contribution in [3.8, 4) is 0 Å². The summed E-state index contributed by atoms with van der Waals surface area (Å²) >= 11 is 0. The summed E-state index contributed by atoms with van der Waals surface area (Å²) < 4.78 is 7.70. The van der Waals surface area contributed by atoms with Crippen molar-refractivity contribution in [2.45, 2.75) is 58.5 Å². The molecule has 0 aliphatic heterocycles. The molecule has 2 saturated carbocycles. The van der Waals surface area contributed by atoms with Gasteiger partial charge in [0.05, 0.1) is 5.69 Å². The number of aromatic nitrogens is 2. The monoisotopic (exact) mass is 277 g/mol. The van der Waals surface area contributed by atoms with Gasteiger partial charge in [0.25, 0.3) is 0 Å². The largest absolute Gasteiger partial charge is 0.382 e. The second kappa shape index (κ2) is 6.17. The molecule has 0 spiro atoms. The molecule has 1 N–H and O–H groups in total. The van der Waals surface area contributed by atoms with Crippen LogP contribution >= 0.6 is 0 Å². The third kappa shape index (κ3) is 3.54. The summed E-state index contributed by atoms with van der Waals surface area (Å²) in [5, 5.41) is 3.74. The van der Waals surface area contributed by atoms with Crippen molar-refractivity contribution in [3.63, 3.8) is 0 Å². The van der Waals surface area contributed by atoms with Crippen LogP contribution in [0.5, 0.6) is 0 Å². The van der Waals surface area contributed by atoms with Gasteiger partial charge in [-0.1, -0.05) is 0 Å². The fraction of sp³-hybridized carbons (Fsp3) is 0.812. The molecule has 4 heteroatoms. The van der Waals surface area contributed by atoms with E-state index in [1.165, 1.54) is 25.7 Å². The number of rotatable bonds is 9. The summed E-state index contributed by atoms with van der Waals surface area (Å²) in [6, 6.07) is 0.669. The molecule has 20 heavy (non-hydrogen) atoms. The van der Waals surface area contributed by atoms with Gasteiger partial charge in [0.1, 0.15) is 0 Å². The number of anilines is 1. The molecule has 2 fully saturated rings. The molecule has 0 atom stereocenters. The Morgan fingerprint density at radius 1 is 1.35 bits per heavy atom.